The van der Waals surface area contributed by atoms with Gasteiger partial charge in [-0.15, -0.1) is 0 Å². The lowest BCUT2D eigenvalue weighted by atomic mass is 9.95. The first-order chi connectivity index (χ1) is 6.48. The Morgan fingerprint density at radius 2 is 1.86 bits per heavy atom. The number of aryl methyl sites for hydroxylation is 1. The maximum Gasteiger partial charge on any atom is 0.342 e. The van der Waals surface area contributed by atoms with Crippen molar-refractivity contribution in [3.05, 3.63) is 35.4 Å². The molecule has 3 heteroatoms. The van der Waals surface area contributed by atoms with Crippen LogP contribution in [0, 0.1) is 6.92 Å². The Labute approximate surface area is 83.3 Å². The minimum Gasteiger partial charge on any atom is -0.467 e. The van der Waals surface area contributed by atoms with Gasteiger partial charge in [0, 0.05) is 0 Å². The van der Waals surface area contributed by atoms with Crippen molar-refractivity contribution in [3.63, 3.8) is 0 Å². The van der Waals surface area contributed by atoms with Crippen molar-refractivity contribution in [1.82, 2.24) is 0 Å². The summed E-state index contributed by atoms with van der Waals surface area (Å²) in [7, 11) is 1.25. The average molecular weight is 194 g/mol. The van der Waals surface area contributed by atoms with E-state index >= 15 is 0 Å². The van der Waals surface area contributed by atoms with Gasteiger partial charge in [0.05, 0.1) is 7.11 Å². The van der Waals surface area contributed by atoms with Gasteiger partial charge >= 0.3 is 5.97 Å². The third-order valence-corrected chi connectivity index (χ3v) is 2.20. The summed E-state index contributed by atoms with van der Waals surface area (Å²) < 4.78 is 4.51. The molecule has 0 unspecified atom stereocenters. The van der Waals surface area contributed by atoms with Crippen LogP contribution in [0.15, 0.2) is 24.3 Å². The number of benzene rings is 1. The van der Waals surface area contributed by atoms with Crippen LogP contribution < -0.4 is 0 Å². The number of esters is 1. The topological polar surface area (TPSA) is 46.5 Å². The molecule has 0 aliphatic carbocycles. The van der Waals surface area contributed by atoms with Gasteiger partial charge in [-0.05, 0) is 19.4 Å². The van der Waals surface area contributed by atoms with Crippen LogP contribution in [0.2, 0.25) is 0 Å². The molecule has 0 saturated heterocycles. The second-order valence-electron chi connectivity index (χ2n) is 3.43. The van der Waals surface area contributed by atoms with Crippen LogP contribution in [0.4, 0.5) is 0 Å². The van der Waals surface area contributed by atoms with Crippen molar-refractivity contribution in [2.75, 3.05) is 7.11 Å². The van der Waals surface area contributed by atoms with Crippen molar-refractivity contribution in [3.8, 4) is 0 Å². The summed E-state index contributed by atoms with van der Waals surface area (Å²) >= 11 is 0. The quantitative estimate of drug-likeness (QED) is 0.723. The van der Waals surface area contributed by atoms with Crippen LogP contribution in [0.1, 0.15) is 18.1 Å². The molecule has 1 rings (SSSR count). The number of hydrogen-bond acceptors (Lipinski definition) is 3. The van der Waals surface area contributed by atoms with Gasteiger partial charge in [0.1, 0.15) is 0 Å². The van der Waals surface area contributed by atoms with E-state index in [0.717, 1.165) is 5.56 Å². The summed E-state index contributed by atoms with van der Waals surface area (Å²) in [5.41, 5.74) is 0.0481. The molecule has 3 nitrogen and oxygen atoms in total. The lowest BCUT2D eigenvalue weighted by Gasteiger charge is -2.20. The van der Waals surface area contributed by atoms with Gasteiger partial charge in [0.25, 0.3) is 0 Å². The smallest absolute Gasteiger partial charge is 0.342 e. The minimum absolute atomic E-state index is 0.537. The highest BCUT2D eigenvalue weighted by molar-refractivity contribution is 5.80. The van der Waals surface area contributed by atoms with Crippen molar-refractivity contribution < 1.29 is 14.6 Å². The number of ether oxygens (including phenoxy) is 1. The van der Waals surface area contributed by atoms with Crippen LogP contribution in [0.25, 0.3) is 0 Å². The fourth-order valence-corrected chi connectivity index (χ4v) is 1.19. The molecule has 0 aliphatic rings. The predicted octanol–water partition coefficient (Wildman–Crippen LogP) is 1.38. The molecule has 0 saturated carbocycles. The number of carbonyl (C=O) groups excluding carboxylic acids is 1. The van der Waals surface area contributed by atoms with E-state index in [9.17, 15) is 9.90 Å². The Morgan fingerprint density at radius 1 is 1.36 bits per heavy atom. The maximum atomic E-state index is 11.2. The highest BCUT2D eigenvalue weighted by Gasteiger charge is 2.33. The molecule has 0 heterocycles. The maximum absolute atomic E-state index is 11.2. The molecule has 1 aromatic rings. The number of methoxy groups -OCH3 is 1. The lowest BCUT2D eigenvalue weighted by molar-refractivity contribution is -0.161. The Hall–Kier alpha value is -1.35. The predicted molar refractivity (Wildman–Crippen MR) is 52.8 cm³/mol. The Bertz CT molecular complexity index is 325. The zero-order valence-corrected chi connectivity index (χ0v) is 8.57. The van der Waals surface area contributed by atoms with Crippen LogP contribution in [-0.4, -0.2) is 18.2 Å². The van der Waals surface area contributed by atoms with Gasteiger partial charge in [-0.2, -0.15) is 0 Å². The first kappa shape index (κ1) is 10.7. The number of hydrogen-bond donors (Lipinski definition) is 1. The molecule has 0 aromatic heterocycles. The van der Waals surface area contributed by atoms with Gasteiger partial charge in [0.2, 0.25) is 0 Å². The highest BCUT2D eigenvalue weighted by atomic mass is 16.5. The number of aliphatic hydroxyl groups is 1. The van der Waals surface area contributed by atoms with Gasteiger partial charge < -0.3 is 9.84 Å². The summed E-state index contributed by atoms with van der Waals surface area (Å²) in [5.74, 6) is -0.652. The molecule has 0 aliphatic heterocycles. The van der Waals surface area contributed by atoms with E-state index in [2.05, 4.69) is 4.74 Å². The molecule has 1 aromatic carbocycles. The molecule has 76 valence electrons. The average Bonchev–Trinajstić information content (AvgIpc) is 2.17. The standard InChI is InChI=1S/C11H14O3/c1-8-4-6-9(7-5-8)11(2,13)10(12)14-3/h4-7,13H,1-3H3/t11-/m0/s1. The fourth-order valence-electron chi connectivity index (χ4n) is 1.19. The molecule has 0 bridgehead atoms. The van der Waals surface area contributed by atoms with Crippen molar-refractivity contribution in [2.45, 2.75) is 19.4 Å². The van der Waals surface area contributed by atoms with E-state index in [1.54, 1.807) is 12.1 Å². The van der Waals surface area contributed by atoms with Crippen molar-refractivity contribution in [1.29, 1.82) is 0 Å². The summed E-state index contributed by atoms with van der Waals surface area (Å²) in [6.07, 6.45) is 0. The third kappa shape index (κ3) is 1.93. The molecule has 14 heavy (non-hydrogen) atoms. The second kappa shape index (κ2) is 3.80. The van der Waals surface area contributed by atoms with Crippen LogP contribution >= 0.6 is 0 Å². The lowest BCUT2D eigenvalue weighted by Crippen LogP contribution is -2.33. The zero-order chi connectivity index (χ0) is 10.8. The monoisotopic (exact) mass is 194 g/mol. The van der Waals surface area contributed by atoms with E-state index in [1.807, 2.05) is 19.1 Å². The summed E-state index contributed by atoms with van der Waals surface area (Å²) in [6, 6.07) is 7.11. The van der Waals surface area contributed by atoms with Gasteiger partial charge in [-0.25, -0.2) is 4.79 Å². The molecule has 0 radical (unpaired) electrons. The number of carbonyl (C=O) groups is 1. The van der Waals surface area contributed by atoms with E-state index in [-0.39, 0.29) is 0 Å². The fraction of sp³-hybridized carbons (Fsp3) is 0.364. The van der Waals surface area contributed by atoms with Gasteiger partial charge in [-0.3, -0.25) is 0 Å². The van der Waals surface area contributed by atoms with Crippen LogP contribution in [-0.2, 0) is 15.1 Å². The normalized spacial score (nSPS) is 14.6. The first-order valence-electron chi connectivity index (χ1n) is 4.36. The van der Waals surface area contributed by atoms with Gasteiger partial charge in [-0.1, -0.05) is 29.8 Å². The molecule has 1 N–H and O–H groups in total. The van der Waals surface area contributed by atoms with Gasteiger partial charge in [0.15, 0.2) is 5.60 Å². The van der Waals surface area contributed by atoms with Crippen LogP contribution in [0.5, 0.6) is 0 Å². The largest absolute Gasteiger partial charge is 0.467 e. The van der Waals surface area contributed by atoms with Crippen molar-refractivity contribution in [2.24, 2.45) is 0 Å². The third-order valence-electron chi connectivity index (χ3n) is 2.20. The molecular formula is C11H14O3. The molecule has 0 spiro atoms. The molecule has 1 atom stereocenters. The zero-order valence-electron chi connectivity index (χ0n) is 8.57. The Morgan fingerprint density at radius 3 is 2.29 bits per heavy atom. The molecular weight excluding hydrogens is 180 g/mol. The minimum atomic E-state index is -1.57. The van der Waals surface area contributed by atoms with E-state index in [4.69, 9.17) is 0 Å². The summed E-state index contributed by atoms with van der Waals surface area (Å²) in [4.78, 5) is 11.2. The summed E-state index contributed by atoms with van der Waals surface area (Å²) in [5, 5.41) is 9.87. The van der Waals surface area contributed by atoms with Crippen LogP contribution in [0.3, 0.4) is 0 Å². The van der Waals surface area contributed by atoms with E-state index in [1.165, 1.54) is 14.0 Å². The highest BCUT2D eigenvalue weighted by Crippen LogP contribution is 2.22. The second-order valence-corrected chi connectivity index (χ2v) is 3.43. The molecule has 0 amide bonds. The Balaban J connectivity index is 3.03. The van der Waals surface area contributed by atoms with E-state index in [0.29, 0.717) is 5.56 Å². The Kier molecular flexibility index (Phi) is 2.91. The first-order valence-corrected chi connectivity index (χ1v) is 4.36. The van der Waals surface area contributed by atoms with Crippen molar-refractivity contribution >= 4 is 5.97 Å². The van der Waals surface area contributed by atoms with E-state index < -0.39 is 11.6 Å². The SMILES string of the molecule is COC(=O)[C@@](C)(O)c1ccc(C)cc1. The summed E-state index contributed by atoms with van der Waals surface area (Å²) in [6.45, 7) is 3.36. The number of rotatable bonds is 2. The molecule has 0 fully saturated rings.